The molecule has 21 heavy (non-hydrogen) atoms. The van der Waals surface area contributed by atoms with Crippen molar-refractivity contribution in [2.75, 3.05) is 0 Å². The van der Waals surface area contributed by atoms with Gasteiger partial charge in [0.05, 0.1) is 11.8 Å². The minimum Gasteiger partial charge on any atom is -0.507 e. The number of phenols is 1. The van der Waals surface area contributed by atoms with Crippen molar-refractivity contribution in [1.29, 1.82) is 0 Å². The molecule has 3 nitrogen and oxygen atoms in total. The average molecular weight is 342 g/mol. The Morgan fingerprint density at radius 2 is 1.76 bits per heavy atom. The van der Waals surface area contributed by atoms with Gasteiger partial charge in [0.25, 0.3) is 0 Å². The summed E-state index contributed by atoms with van der Waals surface area (Å²) in [4.78, 5) is 0. The molecule has 3 rings (SSSR count). The van der Waals surface area contributed by atoms with Crippen LogP contribution in [0.15, 0.2) is 41.5 Å². The summed E-state index contributed by atoms with van der Waals surface area (Å²) < 4.78 is 0. The van der Waals surface area contributed by atoms with Crippen LogP contribution < -0.4 is 5.43 Å². The fourth-order valence-electron chi connectivity index (χ4n) is 2.31. The molecule has 1 heterocycles. The molecule has 108 valence electrons. The van der Waals surface area contributed by atoms with E-state index in [0.717, 1.165) is 11.3 Å². The Kier molecular flexibility index (Phi) is 3.98. The molecular weight excluding hydrogens is 331 g/mol. The van der Waals surface area contributed by atoms with Crippen molar-refractivity contribution in [3.63, 3.8) is 0 Å². The van der Waals surface area contributed by atoms with Crippen LogP contribution in [-0.4, -0.2) is 10.8 Å². The number of nitrogens with zero attached hydrogens (tertiary/aromatic N) is 1. The number of benzene rings is 2. The standard InChI is InChI=1S/C15H11Cl3N2O/c16-8-2-4-15(21)11(5-8)14-7-13(19-20-14)10-3-1-9(17)6-12(10)18/h1-6,13,19,21H,7H2/t13-/m0/s1. The minimum absolute atomic E-state index is 0.0526. The lowest BCUT2D eigenvalue weighted by Crippen LogP contribution is -2.10. The second-order valence-corrected chi connectivity index (χ2v) is 6.05. The highest BCUT2D eigenvalue weighted by Crippen LogP contribution is 2.33. The first-order chi connectivity index (χ1) is 10.0. The smallest absolute Gasteiger partial charge is 0.124 e. The monoisotopic (exact) mass is 340 g/mol. The Balaban J connectivity index is 1.86. The van der Waals surface area contributed by atoms with E-state index in [0.29, 0.717) is 27.1 Å². The van der Waals surface area contributed by atoms with Crippen LogP contribution >= 0.6 is 34.8 Å². The molecule has 0 amide bonds. The number of halogens is 3. The maximum absolute atomic E-state index is 9.93. The van der Waals surface area contributed by atoms with Crippen LogP contribution in [0.5, 0.6) is 5.75 Å². The largest absolute Gasteiger partial charge is 0.507 e. The molecule has 2 aromatic rings. The third-order valence-corrected chi connectivity index (χ3v) is 4.16. The lowest BCUT2D eigenvalue weighted by Gasteiger charge is -2.12. The molecule has 0 bridgehead atoms. The third kappa shape index (κ3) is 2.95. The van der Waals surface area contributed by atoms with E-state index < -0.39 is 0 Å². The molecule has 0 saturated heterocycles. The highest BCUT2D eigenvalue weighted by atomic mass is 35.5. The topological polar surface area (TPSA) is 44.6 Å². The molecule has 1 atom stereocenters. The van der Waals surface area contributed by atoms with E-state index in [2.05, 4.69) is 10.5 Å². The Bertz CT molecular complexity index is 731. The van der Waals surface area contributed by atoms with Gasteiger partial charge in [-0.25, -0.2) is 0 Å². The molecule has 0 aromatic heterocycles. The number of rotatable bonds is 2. The normalized spacial score (nSPS) is 17.5. The van der Waals surface area contributed by atoms with Crippen molar-refractivity contribution in [1.82, 2.24) is 5.43 Å². The zero-order valence-corrected chi connectivity index (χ0v) is 13.0. The summed E-state index contributed by atoms with van der Waals surface area (Å²) in [5, 5.41) is 16.0. The fraction of sp³-hybridized carbons (Fsp3) is 0.133. The van der Waals surface area contributed by atoms with E-state index in [-0.39, 0.29) is 11.8 Å². The second-order valence-electron chi connectivity index (χ2n) is 4.77. The Morgan fingerprint density at radius 3 is 2.52 bits per heavy atom. The Morgan fingerprint density at radius 1 is 1.05 bits per heavy atom. The summed E-state index contributed by atoms with van der Waals surface area (Å²) in [7, 11) is 0. The van der Waals surface area contributed by atoms with Crippen LogP contribution in [0.1, 0.15) is 23.6 Å². The number of hydrazone groups is 1. The van der Waals surface area contributed by atoms with Crippen molar-refractivity contribution in [3.05, 3.63) is 62.6 Å². The van der Waals surface area contributed by atoms with E-state index in [9.17, 15) is 5.11 Å². The van der Waals surface area contributed by atoms with E-state index in [1.165, 1.54) is 0 Å². The van der Waals surface area contributed by atoms with Crippen LogP contribution in [0.3, 0.4) is 0 Å². The van der Waals surface area contributed by atoms with Gasteiger partial charge in [0, 0.05) is 27.1 Å². The highest BCUT2D eigenvalue weighted by molar-refractivity contribution is 6.35. The number of phenolic OH excluding ortho intramolecular Hbond substituents is 1. The predicted octanol–water partition coefficient (Wildman–Crippen LogP) is 4.79. The van der Waals surface area contributed by atoms with Crippen molar-refractivity contribution < 1.29 is 5.11 Å². The fourth-order valence-corrected chi connectivity index (χ4v) is 3.03. The molecule has 0 fully saturated rings. The predicted molar refractivity (Wildman–Crippen MR) is 86.6 cm³/mol. The Labute approximate surface area is 137 Å². The quantitative estimate of drug-likeness (QED) is 0.824. The average Bonchev–Trinajstić information content (AvgIpc) is 2.91. The first-order valence-electron chi connectivity index (χ1n) is 6.30. The lowest BCUT2D eigenvalue weighted by atomic mass is 9.98. The van der Waals surface area contributed by atoms with Crippen LogP contribution in [0.4, 0.5) is 0 Å². The van der Waals surface area contributed by atoms with Gasteiger partial charge in [0.2, 0.25) is 0 Å². The van der Waals surface area contributed by atoms with Gasteiger partial charge >= 0.3 is 0 Å². The van der Waals surface area contributed by atoms with Gasteiger partial charge in [-0.15, -0.1) is 0 Å². The first kappa shape index (κ1) is 14.5. The van der Waals surface area contributed by atoms with Gasteiger partial charge < -0.3 is 10.5 Å². The Hall–Kier alpha value is -1.42. The van der Waals surface area contributed by atoms with Crippen molar-refractivity contribution in [3.8, 4) is 5.75 Å². The molecule has 0 aliphatic carbocycles. The van der Waals surface area contributed by atoms with E-state index in [4.69, 9.17) is 34.8 Å². The first-order valence-corrected chi connectivity index (χ1v) is 7.44. The van der Waals surface area contributed by atoms with Gasteiger partial charge in [0.15, 0.2) is 0 Å². The van der Waals surface area contributed by atoms with Crippen molar-refractivity contribution in [2.45, 2.75) is 12.5 Å². The van der Waals surface area contributed by atoms with Crippen LogP contribution in [0, 0.1) is 0 Å². The number of hydrogen-bond acceptors (Lipinski definition) is 3. The molecule has 0 spiro atoms. The lowest BCUT2D eigenvalue weighted by molar-refractivity contribution is 0.474. The number of hydrogen-bond donors (Lipinski definition) is 2. The summed E-state index contributed by atoms with van der Waals surface area (Å²) in [5.41, 5.74) is 5.32. The molecule has 0 radical (unpaired) electrons. The maximum Gasteiger partial charge on any atom is 0.124 e. The molecule has 2 aromatic carbocycles. The third-order valence-electron chi connectivity index (χ3n) is 3.36. The summed E-state index contributed by atoms with van der Waals surface area (Å²) in [6, 6.07) is 10.2. The van der Waals surface area contributed by atoms with Crippen molar-refractivity contribution in [2.24, 2.45) is 5.10 Å². The molecule has 0 unspecified atom stereocenters. The van der Waals surface area contributed by atoms with Gasteiger partial charge in [0.1, 0.15) is 5.75 Å². The molecule has 1 aliphatic rings. The van der Waals surface area contributed by atoms with Crippen LogP contribution in [0.2, 0.25) is 15.1 Å². The summed E-state index contributed by atoms with van der Waals surface area (Å²) in [5.74, 6) is 0.155. The SMILES string of the molecule is Oc1ccc(Cl)cc1C1=NN[C@H](c2ccc(Cl)cc2Cl)C1. The molecular formula is C15H11Cl3N2O. The maximum atomic E-state index is 9.93. The zero-order valence-electron chi connectivity index (χ0n) is 10.8. The van der Waals surface area contributed by atoms with E-state index in [1.807, 2.05) is 6.07 Å². The van der Waals surface area contributed by atoms with Gasteiger partial charge in [-0.1, -0.05) is 40.9 Å². The van der Waals surface area contributed by atoms with Crippen LogP contribution in [0.25, 0.3) is 0 Å². The summed E-state index contributed by atoms with van der Waals surface area (Å²) >= 11 is 18.1. The summed E-state index contributed by atoms with van der Waals surface area (Å²) in [6.07, 6.45) is 0.606. The molecule has 1 aliphatic heterocycles. The zero-order chi connectivity index (χ0) is 15.0. The van der Waals surface area contributed by atoms with E-state index in [1.54, 1.807) is 30.3 Å². The summed E-state index contributed by atoms with van der Waals surface area (Å²) in [6.45, 7) is 0. The van der Waals surface area contributed by atoms with Gasteiger partial charge in [-0.3, -0.25) is 0 Å². The van der Waals surface area contributed by atoms with Crippen LogP contribution in [-0.2, 0) is 0 Å². The minimum atomic E-state index is -0.0526. The van der Waals surface area contributed by atoms with Crippen molar-refractivity contribution >= 4 is 40.5 Å². The highest BCUT2D eigenvalue weighted by Gasteiger charge is 2.24. The molecule has 0 saturated carbocycles. The number of aromatic hydroxyl groups is 1. The van der Waals surface area contributed by atoms with Gasteiger partial charge in [-0.2, -0.15) is 5.10 Å². The molecule has 6 heteroatoms. The van der Waals surface area contributed by atoms with Gasteiger partial charge in [-0.05, 0) is 35.9 Å². The molecule has 2 N–H and O–H groups in total. The second kappa shape index (κ2) is 5.76. The van der Waals surface area contributed by atoms with E-state index >= 15 is 0 Å². The number of nitrogens with one attached hydrogen (secondary N) is 1.